The molecule has 0 saturated carbocycles. The van der Waals surface area contributed by atoms with Gasteiger partial charge in [0.1, 0.15) is 16.5 Å². The smallest absolute Gasteiger partial charge is 0.267 e. The molecule has 140 valence electrons. The Morgan fingerprint density at radius 2 is 1.67 bits per heavy atom. The average Bonchev–Trinajstić information content (AvgIpc) is 2.67. The number of benzene rings is 3. The van der Waals surface area contributed by atoms with E-state index in [1.807, 2.05) is 19.1 Å². The van der Waals surface area contributed by atoms with E-state index < -0.39 is 15.8 Å². The molecule has 0 N–H and O–H groups in total. The second kappa shape index (κ2) is 7.80. The number of methoxy groups -OCH3 is 1. The van der Waals surface area contributed by atoms with E-state index in [1.165, 1.54) is 22.5 Å². The van der Waals surface area contributed by atoms with Crippen molar-refractivity contribution < 1.29 is 17.5 Å². The first-order valence-corrected chi connectivity index (χ1v) is 9.82. The van der Waals surface area contributed by atoms with Crippen molar-refractivity contribution in [2.24, 2.45) is 0 Å². The van der Waals surface area contributed by atoms with Gasteiger partial charge < -0.3 is 4.74 Å². The summed E-state index contributed by atoms with van der Waals surface area (Å²) in [5.41, 5.74) is 2.20. The van der Waals surface area contributed by atoms with E-state index in [-0.39, 0.29) is 11.4 Å². The van der Waals surface area contributed by atoms with Crippen molar-refractivity contribution in [1.82, 2.24) is 0 Å². The quantitative estimate of drug-likeness (QED) is 0.626. The minimum Gasteiger partial charge on any atom is -0.497 e. The van der Waals surface area contributed by atoms with E-state index in [1.54, 1.807) is 43.5 Å². The predicted octanol–water partition coefficient (Wildman–Crippen LogP) is 4.54. The van der Waals surface area contributed by atoms with Gasteiger partial charge in [0.05, 0.1) is 19.3 Å². The van der Waals surface area contributed by atoms with Gasteiger partial charge in [0.25, 0.3) is 10.0 Å². The Hall–Kier alpha value is -2.86. The zero-order valence-electron chi connectivity index (χ0n) is 15.1. The zero-order valence-corrected chi connectivity index (χ0v) is 15.9. The van der Waals surface area contributed by atoms with Gasteiger partial charge in [0.2, 0.25) is 0 Å². The number of hydrogen-bond acceptors (Lipinski definition) is 3. The lowest BCUT2D eigenvalue weighted by atomic mass is 10.2. The Labute approximate surface area is 158 Å². The molecule has 27 heavy (non-hydrogen) atoms. The second-order valence-corrected chi connectivity index (χ2v) is 7.96. The second-order valence-electron chi connectivity index (χ2n) is 6.13. The topological polar surface area (TPSA) is 46.6 Å². The Morgan fingerprint density at radius 1 is 0.963 bits per heavy atom. The van der Waals surface area contributed by atoms with Gasteiger partial charge in [-0.25, -0.2) is 12.8 Å². The summed E-state index contributed by atoms with van der Waals surface area (Å²) >= 11 is 0. The Bertz CT molecular complexity index is 1030. The Kier molecular flexibility index (Phi) is 5.46. The van der Waals surface area contributed by atoms with Crippen LogP contribution in [0, 0.1) is 12.7 Å². The summed E-state index contributed by atoms with van der Waals surface area (Å²) in [7, 11) is -2.55. The lowest BCUT2D eigenvalue weighted by molar-refractivity contribution is 0.414. The molecule has 0 bridgehead atoms. The van der Waals surface area contributed by atoms with Crippen LogP contribution in [0.2, 0.25) is 0 Å². The van der Waals surface area contributed by atoms with Crippen molar-refractivity contribution in [3.63, 3.8) is 0 Å². The summed E-state index contributed by atoms with van der Waals surface area (Å²) in [5, 5.41) is 0. The van der Waals surface area contributed by atoms with E-state index in [0.717, 1.165) is 17.2 Å². The molecule has 0 aliphatic heterocycles. The molecule has 0 aromatic heterocycles. The number of sulfonamides is 1. The lowest BCUT2D eigenvalue weighted by Gasteiger charge is -2.25. The molecule has 0 unspecified atom stereocenters. The molecule has 0 fully saturated rings. The van der Waals surface area contributed by atoms with Crippen LogP contribution in [0.3, 0.4) is 0 Å². The molecule has 0 saturated heterocycles. The first kappa shape index (κ1) is 18.9. The minimum absolute atomic E-state index is 0.0525. The highest BCUT2D eigenvalue weighted by Gasteiger charge is 2.28. The summed E-state index contributed by atoms with van der Waals surface area (Å²) in [6.45, 7) is 1.97. The van der Waals surface area contributed by atoms with Gasteiger partial charge in [-0.05, 0) is 48.9 Å². The SMILES string of the molecule is COc1cccc(CN(c2ccc(C)cc2)S(=O)(=O)c2ccccc2F)c1. The number of halogens is 1. The van der Waals surface area contributed by atoms with Crippen molar-refractivity contribution in [2.45, 2.75) is 18.4 Å². The third kappa shape index (κ3) is 4.11. The monoisotopic (exact) mass is 385 g/mol. The van der Waals surface area contributed by atoms with Crippen molar-refractivity contribution in [3.8, 4) is 5.75 Å². The Morgan fingerprint density at radius 3 is 2.33 bits per heavy atom. The summed E-state index contributed by atoms with van der Waals surface area (Å²) < 4.78 is 47.2. The van der Waals surface area contributed by atoms with Crippen LogP contribution in [-0.4, -0.2) is 15.5 Å². The molecule has 0 spiro atoms. The summed E-state index contributed by atoms with van der Waals surface area (Å²) in [6.07, 6.45) is 0. The fourth-order valence-corrected chi connectivity index (χ4v) is 4.26. The van der Waals surface area contributed by atoms with E-state index in [9.17, 15) is 12.8 Å². The van der Waals surface area contributed by atoms with Crippen LogP contribution in [0.25, 0.3) is 0 Å². The van der Waals surface area contributed by atoms with Gasteiger partial charge in [-0.3, -0.25) is 4.31 Å². The van der Waals surface area contributed by atoms with Crippen LogP contribution in [0.5, 0.6) is 5.75 Å². The average molecular weight is 385 g/mol. The van der Waals surface area contributed by atoms with E-state index in [0.29, 0.717) is 11.4 Å². The van der Waals surface area contributed by atoms with Gasteiger partial charge >= 0.3 is 0 Å². The lowest BCUT2D eigenvalue weighted by Crippen LogP contribution is -2.31. The van der Waals surface area contributed by atoms with Gasteiger partial charge in [-0.15, -0.1) is 0 Å². The van der Waals surface area contributed by atoms with Gasteiger partial charge in [0, 0.05) is 0 Å². The number of anilines is 1. The van der Waals surface area contributed by atoms with Crippen molar-refractivity contribution in [2.75, 3.05) is 11.4 Å². The van der Waals surface area contributed by atoms with Crippen LogP contribution < -0.4 is 9.04 Å². The molecule has 3 rings (SSSR count). The summed E-state index contributed by atoms with van der Waals surface area (Å²) in [4.78, 5) is -0.353. The molecule has 0 aliphatic rings. The maximum Gasteiger partial charge on any atom is 0.267 e. The molecule has 3 aromatic carbocycles. The number of rotatable bonds is 6. The molecule has 0 atom stereocenters. The highest BCUT2D eigenvalue weighted by atomic mass is 32.2. The third-order valence-electron chi connectivity index (χ3n) is 4.19. The number of hydrogen-bond donors (Lipinski definition) is 0. The van der Waals surface area contributed by atoms with Crippen molar-refractivity contribution >= 4 is 15.7 Å². The van der Waals surface area contributed by atoms with Crippen LogP contribution in [-0.2, 0) is 16.6 Å². The van der Waals surface area contributed by atoms with Crippen LogP contribution in [0.1, 0.15) is 11.1 Å². The number of nitrogens with zero attached hydrogens (tertiary/aromatic N) is 1. The molecule has 6 heteroatoms. The van der Waals surface area contributed by atoms with Crippen LogP contribution in [0.4, 0.5) is 10.1 Å². The van der Waals surface area contributed by atoms with Crippen molar-refractivity contribution in [3.05, 3.63) is 89.7 Å². The molecule has 4 nitrogen and oxygen atoms in total. The molecule has 0 radical (unpaired) electrons. The highest BCUT2D eigenvalue weighted by Crippen LogP contribution is 2.28. The predicted molar refractivity (Wildman–Crippen MR) is 104 cm³/mol. The number of aryl methyl sites for hydroxylation is 1. The van der Waals surface area contributed by atoms with Gasteiger partial charge in [-0.1, -0.05) is 42.0 Å². The van der Waals surface area contributed by atoms with Gasteiger partial charge in [0.15, 0.2) is 0 Å². The fourth-order valence-electron chi connectivity index (χ4n) is 2.74. The summed E-state index contributed by atoms with van der Waals surface area (Å²) in [5.74, 6) is -0.153. The molecule has 3 aromatic rings. The molecular weight excluding hydrogens is 365 g/mol. The molecule has 0 aliphatic carbocycles. The zero-order chi connectivity index (χ0) is 19.4. The largest absolute Gasteiger partial charge is 0.497 e. The van der Waals surface area contributed by atoms with Gasteiger partial charge in [-0.2, -0.15) is 0 Å². The molecular formula is C21H20FNO3S. The summed E-state index contributed by atoms with van der Waals surface area (Å²) in [6, 6.07) is 19.6. The standard InChI is InChI=1S/C21H20FNO3S/c1-16-10-12-18(13-11-16)23(15-17-6-5-7-19(14-17)26-2)27(24,25)21-9-4-3-8-20(21)22/h3-14H,15H2,1-2H3. The minimum atomic E-state index is -4.10. The third-order valence-corrected chi connectivity index (χ3v) is 5.99. The fraction of sp³-hybridized carbons (Fsp3) is 0.143. The molecule has 0 heterocycles. The van der Waals surface area contributed by atoms with Crippen LogP contribution >= 0.6 is 0 Å². The van der Waals surface area contributed by atoms with E-state index >= 15 is 0 Å². The normalized spacial score (nSPS) is 11.2. The maximum atomic E-state index is 14.3. The highest BCUT2D eigenvalue weighted by molar-refractivity contribution is 7.92. The first-order chi connectivity index (χ1) is 12.9. The Balaban J connectivity index is 2.09. The maximum absolute atomic E-state index is 14.3. The van der Waals surface area contributed by atoms with Crippen molar-refractivity contribution in [1.29, 1.82) is 0 Å². The molecule has 0 amide bonds. The van der Waals surface area contributed by atoms with E-state index in [2.05, 4.69) is 0 Å². The van der Waals surface area contributed by atoms with Crippen LogP contribution in [0.15, 0.2) is 77.7 Å². The van der Waals surface area contributed by atoms with E-state index in [4.69, 9.17) is 4.74 Å². The first-order valence-electron chi connectivity index (χ1n) is 8.38. The number of ether oxygens (including phenoxy) is 1.